The molecule has 4 aromatic heterocycles. The summed E-state index contributed by atoms with van der Waals surface area (Å²) in [7, 11) is 0. The Balaban J connectivity index is 1.33. The van der Waals surface area contributed by atoms with Crippen molar-refractivity contribution in [2.45, 2.75) is 13.5 Å². The number of rotatable bonds is 9. The van der Waals surface area contributed by atoms with Gasteiger partial charge in [-0.3, -0.25) is 19.6 Å². The molecule has 0 unspecified atom stereocenters. The molecule has 9 nitrogen and oxygen atoms in total. The van der Waals surface area contributed by atoms with Crippen LogP contribution in [0.15, 0.2) is 120 Å². The predicted octanol–water partition coefficient (Wildman–Crippen LogP) is 5.15. The minimum Gasteiger partial charge on any atom is -0.456 e. The summed E-state index contributed by atoms with van der Waals surface area (Å²) in [5.74, 6) is 0.534. The minimum atomic E-state index is -0.541. The standard InChI is InChI=1S/C31H26N6O3S/c1-3-23(40-27-14-15-33-26-17-28(41-29(26)27)25-12-10-21(18-32)19-34-25)11-9-20(2)36-30(38)24-13-16-35-37(31(24)39)22-7-5-4-6-8-22/h3-17,19H,1,18,32H2,2H3,(H,36,38)/b20-9+,23-11+. The molecule has 0 saturated carbocycles. The van der Waals surface area contributed by atoms with Crippen molar-refractivity contribution < 1.29 is 9.53 Å². The molecule has 1 aromatic carbocycles. The van der Waals surface area contributed by atoms with Crippen LogP contribution in [-0.2, 0) is 6.54 Å². The van der Waals surface area contributed by atoms with E-state index in [0.29, 0.717) is 29.4 Å². The number of amides is 1. The average molecular weight is 563 g/mol. The molecular formula is C31H26N6O3S. The van der Waals surface area contributed by atoms with Crippen LogP contribution >= 0.6 is 11.3 Å². The van der Waals surface area contributed by atoms with E-state index < -0.39 is 11.5 Å². The highest BCUT2D eigenvalue weighted by atomic mass is 32.1. The number of nitrogens with zero attached hydrogens (tertiary/aromatic N) is 4. The number of para-hydroxylation sites is 1. The molecule has 0 fully saturated rings. The highest BCUT2D eigenvalue weighted by molar-refractivity contribution is 7.22. The lowest BCUT2D eigenvalue weighted by Crippen LogP contribution is -2.32. The normalized spacial score (nSPS) is 11.9. The zero-order valence-corrected chi connectivity index (χ0v) is 23.0. The van der Waals surface area contributed by atoms with Crippen LogP contribution in [0.4, 0.5) is 0 Å². The van der Waals surface area contributed by atoms with Crippen LogP contribution in [-0.4, -0.2) is 25.7 Å². The molecule has 0 atom stereocenters. The van der Waals surface area contributed by atoms with Crippen LogP contribution in [0.3, 0.4) is 0 Å². The van der Waals surface area contributed by atoms with Gasteiger partial charge in [-0.25, -0.2) is 0 Å². The summed E-state index contributed by atoms with van der Waals surface area (Å²) in [6.45, 7) is 6.00. The molecule has 0 aliphatic rings. The first-order chi connectivity index (χ1) is 20.0. The Kier molecular flexibility index (Phi) is 8.23. The summed E-state index contributed by atoms with van der Waals surface area (Å²) >= 11 is 1.52. The number of thiophene rings is 1. The van der Waals surface area contributed by atoms with E-state index in [2.05, 4.69) is 27.0 Å². The number of pyridine rings is 2. The number of hydrogen-bond acceptors (Lipinski definition) is 8. The highest BCUT2D eigenvalue weighted by Crippen LogP contribution is 2.37. The van der Waals surface area contributed by atoms with Crippen molar-refractivity contribution >= 4 is 27.5 Å². The van der Waals surface area contributed by atoms with Gasteiger partial charge in [-0.1, -0.05) is 30.8 Å². The van der Waals surface area contributed by atoms with Gasteiger partial charge in [-0.05, 0) is 61.0 Å². The smallest absolute Gasteiger partial charge is 0.284 e. The molecule has 0 aliphatic heterocycles. The third kappa shape index (κ3) is 6.19. The molecule has 5 aromatic rings. The van der Waals surface area contributed by atoms with Crippen LogP contribution in [0.25, 0.3) is 26.5 Å². The number of aromatic nitrogens is 4. The number of benzene rings is 1. The van der Waals surface area contributed by atoms with Gasteiger partial charge >= 0.3 is 0 Å². The lowest BCUT2D eigenvalue weighted by atomic mass is 10.2. The van der Waals surface area contributed by atoms with Crippen LogP contribution in [0.1, 0.15) is 22.8 Å². The van der Waals surface area contributed by atoms with Gasteiger partial charge in [-0.15, -0.1) is 11.3 Å². The highest BCUT2D eigenvalue weighted by Gasteiger charge is 2.14. The molecule has 1 amide bonds. The Bertz CT molecular complexity index is 1840. The lowest BCUT2D eigenvalue weighted by molar-refractivity contribution is 0.0964. The molecule has 0 aliphatic carbocycles. The molecular weight excluding hydrogens is 536 g/mol. The average Bonchev–Trinajstić information content (AvgIpc) is 3.45. The lowest BCUT2D eigenvalue weighted by Gasteiger charge is -2.08. The topological polar surface area (TPSA) is 125 Å². The number of ether oxygens (including phenoxy) is 1. The van der Waals surface area contributed by atoms with Gasteiger partial charge in [0.15, 0.2) is 0 Å². The van der Waals surface area contributed by atoms with E-state index in [1.54, 1.807) is 67.9 Å². The second-order valence-electron chi connectivity index (χ2n) is 8.87. The number of nitrogens with one attached hydrogen (secondary N) is 1. The molecule has 0 bridgehead atoms. The van der Waals surface area contributed by atoms with Gasteiger partial charge in [0.05, 0.1) is 26.5 Å². The van der Waals surface area contributed by atoms with E-state index in [9.17, 15) is 9.59 Å². The van der Waals surface area contributed by atoms with Crippen molar-refractivity contribution in [1.29, 1.82) is 0 Å². The van der Waals surface area contributed by atoms with Gasteiger partial charge in [0.1, 0.15) is 17.1 Å². The van der Waals surface area contributed by atoms with Crippen LogP contribution in [0, 0.1) is 0 Å². The molecule has 5 rings (SSSR count). The van der Waals surface area contributed by atoms with Crippen LogP contribution in [0.2, 0.25) is 0 Å². The largest absolute Gasteiger partial charge is 0.456 e. The quantitative estimate of drug-likeness (QED) is 0.188. The Morgan fingerprint density at radius 2 is 1.93 bits per heavy atom. The van der Waals surface area contributed by atoms with Gasteiger partial charge in [0, 0.05) is 36.9 Å². The van der Waals surface area contributed by atoms with Gasteiger partial charge in [-0.2, -0.15) is 9.78 Å². The molecule has 3 N–H and O–H groups in total. The fourth-order valence-electron chi connectivity index (χ4n) is 3.92. The minimum absolute atomic E-state index is 0.0272. The Morgan fingerprint density at radius 1 is 1.10 bits per heavy atom. The first-order valence-electron chi connectivity index (χ1n) is 12.6. The van der Waals surface area contributed by atoms with Crippen molar-refractivity contribution in [3.63, 3.8) is 0 Å². The Hall–Kier alpha value is -5.19. The SMILES string of the molecule is C=C/C(=C\C=C(/C)NC(=O)c1ccnn(-c2ccccc2)c1=O)Oc1ccnc2cc(-c3ccc(CN)cn3)sc12. The van der Waals surface area contributed by atoms with E-state index in [-0.39, 0.29) is 5.56 Å². The van der Waals surface area contributed by atoms with Crippen LogP contribution < -0.4 is 21.3 Å². The van der Waals surface area contributed by atoms with Gasteiger partial charge in [0.2, 0.25) is 0 Å². The number of nitrogens with two attached hydrogens (primary N) is 1. The number of carbonyl (C=O) groups excluding carboxylic acids is 1. The number of hydrogen-bond donors (Lipinski definition) is 2. The maximum Gasteiger partial charge on any atom is 0.284 e. The van der Waals surface area contributed by atoms with Gasteiger partial charge in [0.25, 0.3) is 11.5 Å². The number of carbonyl (C=O) groups is 1. The maximum atomic E-state index is 12.9. The molecule has 0 spiro atoms. The van der Waals surface area contributed by atoms with Crippen molar-refractivity contribution in [3.8, 4) is 22.0 Å². The third-order valence-corrected chi connectivity index (χ3v) is 7.18. The fraction of sp³-hybridized carbons (Fsp3) is 0.0645. The summed E-state index contributed by atoms with van der Waals surface area (Å²) in [4.78, 5) is 35.7. The third-order valence-electron chi connectivity index (χ3n) is 6.02. The van der Waals surface area contributed by atoms with E-state index >= 15 is 0 Å². The Labute approximate surface area is 240 Å². The van der Waals surface area contributed by atoms with Crippen molar-refractivity contribution in [1.82, 2.24) is 25.1 Å². The van der Waals surface area contributed by atoms with Crippen LogP contribution in [0.5, 0.6) is 5.75 Å². The molecule has 0 saturated heterocycles. The summed E-state index contributed by atoms with van der Waals surface area (Å²) in [6.07, 6.45) is 9.80. The van der Waals surface area contributed by atoms with Crippen molar-refractivity contribution in [2.24, 2.45) is 5.73 Å². The molecule has 10 heteroatoms. The predicted molar refractivity (Wildman–Crippen MR) is 161 cm³/mol. The van der Waals surface area contributed by atoms with Crippen molar-refractivity contribution in [2.75, 3.05) is 0 Å². The fourth-order valence-corrected chi connectivity index (χ4v) is 4.96. The summed E-state index contributed by atoms with van der Waals surface area (Å²) in [5.41, 5.74) is 8.79. The monoisotopic (exact) mass is 562 g/mol. The number of allylic oxidation sites excluding steroid dienone is 4. The Morgan fingerprint density at radius 3 is 2.66 bits per heavy atom. The first-order valence-corrected chi connectivity index (χ1v) is 13.5. The van der Waals surface area contributed by atoms with Crippen molar-refractivity contribution in [3.05, 3.63) is 137 Å². The molecule has 0 radical (unpaired) electrons. The van der Waals surface area contributed by atoms with E-state index in [0.717, 1.165) is 26.4 Å². The summed E-state index contributed by atoms with van der Waals surface area (Å²) < 4.78 is 8.20. The van der Waals surface area contributed by atoms with E-state index in [1.807, 2.05) is 24.3 Å². The zero-order chi connectivity index (χ0) is 28.8. The summed E-state index contributed by atoms with van der Waals surface area (Å²) in [6, 6.07) is 17.9. The van der Waals surface area contributed by atoms with E-state index in [1.165, 1.54) is 28.3 Å². The molecule has 41 heavy (non-hydrogen) atoms. The molecule has 204 valence electrons. The second kappa shape index (κ2) is 12.3. The molecule has 4 heterocycles. The van der Waals surface area contributed by atoms with E-state index in [4.69, 9.17) is 10.5 Å². The second-order valence-corrected chi connectivity index (χ2v) is 9.92. The summed E-state index contributed by atoms with van der Waals surface area (Å²) in [5, 5.41) is 6.83. The number of fused-ring (bicyclic) bond motifs is 1. The first kappa shape index (κ1) is 27.4. The van der Waals surface area contributed by atoms with Gasteiger partial charge < -0.3 is 15.8 Å². The maximum absolute atomic E-state index is 12.9. The zero-order valence-electron chi connectivity index (χ0n) is 22.2.